The Kier molecular flexibility index (Phi) is 5.18. The van der Waals surface area contributed by atoms with E-state index in [4.69, 9.17) is 4.74 Å². The summed E-state index contributed by atoms with van der Waals surface area (Å²) in [5, 5.41) is 7.59. The fourth-order valence-electron chi connectivity index (χ4n) is 3.81. The molecule has 1 atom stereocenters. The molecule has 8 nitrogen and oxygen atoms in total. The molecule has 0 bridgehead atoms. The molecule has 2 fully saturated rings. The van der Waals surface area contributed by atoms with Crippen molar-refractivity contribution in [1.82, 2.24) is 24.3 Å². The zero-order valence-electron chi connectivity index (χ0n) is 15.4. The van der Waals surface area contributed by atoms with Crippen molar-refractivity contribution >= 4 is 10.0 Å². The van der Waals surface area contributed by atoms with Crippen LogP contribution in [0.2, 0.25) is 0 Å². The van der Waals surface area contributed by atoms with Crippen molar-refractivity contribution in [2.75, 3.05) is 46.4 Å². The summed E-state index contributed by atoms with van der Waals surface area (Å²) in [6.45, 7) is 4.98. The summed E-state index contributed by atoms with van der Waals surface area (Å²) in [5.74, 6) is 0.643. The van der Waals surface area contributed by atoms with Crippen molar-refractivity contribution in [2.24, 2.45) is 0 Å². The molecule has 0 aliphatic carbocycles. The molecule has 146 valence electrons. The van der Waals surface area contributed by atoms with Gasteiger partial charge in [-0.15, -0.1) is 0 Å². The maximum atomic E-state index is 13.1. The van der Waals surface area contributed by atoms with Crippen LogP contribution in [0.3, 0.4) is 0 Å². The normalized spacial score (nSPS) is 22.2. The first-order valence-corrected chi connectivity index (χ1v) is 10.7. The fourth-order valence-corrected chi connectivity index (χ4v) is 5.24. The molecule has 9 heteroatoms. The predicted octanol–water partition coefficient (Wildman–Crippen LogP) is 0.549. The molecule has 3 heterocycles. The van der Waals surface area contributed by atoms with Crippen LogP contribution in [0.15, 0.2) is 41.6 Å². The Bertz CT molecular complexity index is 892. The molecule has 0 amide bonds. The standard InChI is InChI=1S/C18H25N5O3S/c1-26-18-5-3-2-4-17(18)23-14-16(12-20-23)27(24,25)22-9-6-15(13-22)21-10-7-19-8-11-21/h2-5,12,14-15,19H,6-11,13H2,1H3. The lowest BCUT2D eigenvalue weighted by atomic mass is 10.2. The van der Waals surface area contributed by atoms with Crippen LogP contribution >= 0.6 is 0 Å². The van der Waals surface area contributed by atoms with Gasteiger partial charge in [-0.25, -0.2) is 13.1 Å². The third-order valence-electron chi connectivity index (χ3n) is 5.32. The number of ether oxygens (including phenoxy) is 1. The molecule has 27 heavy (non-hydrogen) atoms. The number of piperazine rings is 1. The number of sulfonamides is 1. The highest BCUT2D eigenvalue weighted by Crippen LogP contribution is 2.26. The first kappa shape index (κ1) is 18.4. The van der Waals surface area contributed by atoms with Gasteiger partial charge in [0.25, 0.3) is 0 Å². The number of aromatic nitrogens is 2. The maximum absolute atomic E-state index is 13.1. The van der Waals surface area contributed by atoms with E-state index >= 15 is 0 Å². The second kappa shape index (κ2) is 7.59. The van der Waals surface area contributed by atoms with Gasteiger partial charge in [-0.1, -0.05) is 12.1 Å². The van der Waals surface area contributed by atoms with Crippen LogP contribution < -0.4 is 10.1 Å². The lowest BCUT2D eigenvalue weighted by molar-refractivity contribution is 0.179. The molecule has 2 aliphatic heterocycles. The van der Waals surface area contributed by atoms with Gasteiger partial charge in [-0.2, -0.15) is 9.40 Å². The number of rotatable bonds is 5. The summed E-state index contributed by atoms with van der Waals surface area (Å²) < 4.78 is 34.6. The molecule has 1 unspecified atom stereocenters. The smallest absolute Gasteiger partial charge is 0.246 e. The predicted molar refractivity (Wildman–Crippen MR) is 102 cm³/mol. The molecule has 2 aliphatic rings. The summed E-state index contributed by atoms with van der Waals surface area (Å²) in [7, 11) is -1.97. The highest BCUT2D eigenvalue weighted by molar-refractivity contribution is 7.89. The zero-order valence-corrected chi connectivity index (χ0v) is 16.2. The fraction of sp³-hybridized carbons (Fsp3) is 0.500. The van der Waals surface area contributed by atoms with Gasteiger partial charge in [0.15, 0.2) is 0 Å². The van der Waals surface area contributed by atoms with Crippen molar-refractivity contribution in [3.05, 3.63) is 36.7 Å². The number of benzene rings is 1. The second-order valence-electron chi connectivity index (χ2n) is 6.88. The number of nitrogens with zero attached hydrogens (tertiary/aromatic N) is 4. The molecule has 2 aromatic rings. The molecule has 4 rings (SSSR count). The molecule has 0 radical (unpaired) electrons. The first-order valence-electron chi connectivity index (χ1n) is 9.22. The Morgan fingerprint density at radius 2 is 1.96 bits per heavy atom. The van der Waals surface area contributed by atoms with Crippen LogP contribution in [0.4, 0.5) is 0 Å². The van der Waals surface area contributed by atoms with E-state index in [1.165, 1.54) is 6.20 Å². The molecular formula is C18H25N5O3S. The third-order valence-corrected chi connectivity index (χ3v) is 7.14. The Morgan fingerprint density at radius 3 is 2.74 bits per heavy atom. The quantitative estimate of drug-likeness (QED) is 0.802. The van der Waals surface area contributed by atoms with Crippen LogP contribution in [-0.4, -0.2) is 79.8 Å². The molecule has 1 aromatic heterocycles. The molecule has 1 N–H and O–H groups in total. The van der Waals surface area contributed by atoms with Crippen molar-refractivity contribution in [3.63, 3.8) is 0 Å². The second-order valence-corrected chi connectivity index (χ2v) is 8.82. The summed E-state index contributed by atoms with van der Waals surface area (Å²) in [6, 6.07) is 7.70. The summed E-state index contributed by atoms with van der Waals surface area (Å²) in [4.78, 5) is 2.61. The van der Waals surface area contributed by atoms with Crippen LogP contribution in [-0.2, 0) is 10.0 Å². The molecular weight excluding hydrogens is 366 g/mol. The topological polar surface area (TPSA) is 79.7 Å². The first-order chi connectivity index (χ1) is 13.1. The Labute approximate surface area is 159 Å². The van der Waals surface area contributed by atoms with Gasteiger partial charge in [0.05, 0.1) is 19.5 Å². The number of hydrogen-bond donors (Lipinski definition) is 1. The average Bonchev–Trinajstić information content (AvgIpc) is 3.39. The van der Waals surface area contributed by atoms with Gasteiger partial charge in [0.2, 0.25) is 10.0 Å². The van der Waals surface area contributed by atoms with E-state index in [9.17, 15) is 8.42 Å². The van der Waals surface area contributed by atoms with Gasteiger partial charge in [0.1, 0.15) is 16.3 Å². The molecule has 0 saturated carbocycles. The minimum Gasteiger partial charge on any atom is -0.494 e. The van der Waals surface area contributed by atoms with Gasteiger partial charge < -0.3 is 10.1 Å². The third kappa shape index (κ3) is 3.60. The number of para-hydroxylation sites is 2. The van der Waals surface area contributed by atoms with Crippen molar-refractivity contribution < 1.29 is 13.2 Å². The van der Waals surface area contributed by atoms with Crippen molar-refractivity contribution in [3.8, 4) is 11.4 Å². The minimum absolute atomic E-state index is 0.217. The summed E-state index contributed by atoms with van der Waals surface area (Å²) >= 11 is 0. The van der Waals surface area contributed by atoms with Crippen LogP contribution in [0, 0.1) is 0 Å². The van der Waals surface area contributed by atoms with Crippen molar-refractivity contribution in [2.45, 2.75) is 17.4 Å². The van der Waals surface area contributed by atoms with Gasteiger partial charge in [-0.05, 0) is 18.6 Å². The van der Waals surface area contributed by atoms with Crippen LogP contribution in [0.5, 0.6) is 5.75 Å². The minimum atomic E-state index is -3.55. The lowest BCUT2D eigenvalue weighted by Gasteiger charge is -2.32. The van der Waals surface area contributed by atoms with E-state index in [0.29, 0.717) is 30.6 Å². The Hall–Kier alpha value is -1.94. The largest absolute Gasteiger partial charge is 0.494 e. The van der Waals surface area contributed by atoms with Gasteiger partial charge in [0, 0.05) is 45.3 Å². The number of methoxy groups -OCH3 is 1. The van der Waals surface area contributed by atoms with Crippen LogP contribution in [0.25, 0.3) is 5.69 Å². The van der Waals surface area contributed by atoms with E-state index < -0.39 is 10.0 Å². The van der Waals surface area contributed by atoms with Gasteiger partial charge in [-0.3, -0.25) is 4.90 Å². The van der Waals surface area contributed by atoms with E-state index in [1.807, 2.05) is 24.3 Å². The summed E-state index contributed by atoms with van der Waals surface area (Å²) in [5.41, 5.74) is 0.710. The molecule has 2 saturated heterocycles. The van der Waals surface area contributed by atoms with E-state index in [-0.39, 0.29) is 4.90 Å². The SMILES string of the molecule is COc1ccccc1-n1cc(S(=O)(=O)N2CCC(N3CCNCC3)C2)cn1. The van der Waals surface area contributed by atoms with Crippen molar-refractivity contribution in [1.29, 1.82) is 0 Å². The lowest BCUT2D eigenvalue weighted by Crippen LogP contribution is -2.49. The Balaban J connectivity index is 1.52. The highest BCUT2D eigenvalue weighted by Gasteiger charge is 2.36. The highest BCUT2D eigenvalue weighted by atomic mass is 32.2. The van der Waals surface area contributed by atoms with E-state index in [2.05, 4.69) is 15.3 Å². The number of hydrogen-bond acceptors (Lipinski definition) is 6. The summed E-state index contributed by atoms with van der Waals surface area (Å²) in [6.07, 6.45) is 3.85. The van der Waals surface area contributed by atoms with Crippen LogP contribution in [0.1, 0.15) is 6.42 Å². The van der Waals surface area contributed by atoms with E-state index in [0.717, 1.165) is 32.6 Å². The number of nitrogens with one attached hydrogen (secondary N) is 1. The average molecular weight is 391 g/mol. The monoisotopic (exact) mass is 391 g/mol. The Morgan fingerprint density at radius 1 is 1.19 bits per heavy atom. The zero-order chi connectivity index (χ0) is 18.9. The molecule has 0 spiro atoms. The molecule has 1 aromatic carbocycles. The van der Waals surface area contributed by atoms with Gasteiger partial charge >= 0.3 is 0 Å². The van der Waals surface area contributed by atoms with E-state index in [1.54, 1.807) is 22.3 Å². The maximum Gasteiger partial charge on any atom is 0.246 e.